The highest BCUT2D eigenvalue weighted by molar-refractivity contribution is 8.15. The second-order valence-electron chi connectivity index (χ2n) is 8.87. The molecular weight excluding hydrogens is 456 g/mol. The van der Waals surface area contributed by atoms with Crippen LogP contribution >= 0.6 is 23.5 Å². The maximum atomic E-state index is 5.16. The number of hydrogen-bond acceptors (Lipinski definition) is 6. The Balaban J connectivity index is 1.59. The van der Waals surface area contributed by atoms with Crippen LogP contribution in [0.4, 0.5) is 11.4 Å². The van der Waals surface area contributed by atoms with E-state index in [9.17, 15) is 0 Å². The molecule has 0 bridgehead atoms. The number of anilines is 2. The highest BCUT2D eigenvalue weighted by atomic mass is 32.2. The van der Waals surface area contributed by atoms with Crippen LogP contribution in [0, 0.1) is 0 Å². The summed E-state index contributed by atoms with van der Waals surface area (Å²) in [4.78, 5) is 14.6. The van der Waals surface area contributed by atoms with Gasteiger partial charge in [0.05, 0.1) is 0 Å². The Morgan fingerprint density at radius 2 is 1.18 bits per heavy atom. The molecular formula is C28H32N4S2. The Bertz CT molecular complexity index is 1190. The molecule has 0 saturated carbocycles. The van der Waals surface area contributed by atoms with Crippen molar-refractivity contribution in [2.24, 2.45) is 9.98 Å². The normalized spacial score (nSPS) is 17.3. The van der Waals surface area contributed by atoms with Gasteiger partial charge in [0.15, 0.2) is 5.17 Å². The van der Waals surface area contributed by atoms with Gasteiger partial charge < -0.3 is 9.80 Å². The SMILES string of the molecule is CN(C)c1ccccc1CSC1=NC(C)(c2ccccc2)C(SCc2ccccc2N(C)C)=N1. The summed E-state index contributed by atoms with van der Waals surface area (Å²) in [6.07, 6.45) is 0. The predicted molar refractivity (Wildman–Crippen MR) is 153 cm³/mol. The van der Waals surface area contributed by atoms with Crippen molar-refractivity contribution < 1.29 is 0 Å². The largest absolute Gasteiger partial charge is 0.377 e. The van der Waals surface area contributed by atoms with Gasteiger partial charge >= 0.3 is 0 Å². The van der Waals surface area contributed by atoms with E-state index in [1.54, 1.807) is 23.5 Å². The number of rotatable bonds is 7. The Kier molecular flexibility index (Phi) is 7.69. The lowest BCUT2D eigenvalue weighted by Gasteiger charge is -2.24. The minimum atomic E-state index is -0.470. The van der Waals surface area contributed by atoms with Crippen molar-refractivity contribution in [3.63, 3.8) is 0 Å². The number of amidine groups is 1. The molecule has 1 atom stereocenters. The van der Waals surface area contributed by atoms with Crippen molar-refractivity contribution >= 4 is 45.1 Å². The number of benzene rings is 3. The number of para-hydroxylation sites is 2. The molecule has 34 heavy (non-hydrogen) atoms. The maximum absolute atomic E-state index is 5.16. The van der Waals surface area contributed by atoms with E-state index in [-0.39, 0.29) is 0 Å². The first-order chi connectivity index (χ1) is 16.4. The van der Waals surface area contributed by atoms with Crippen LogP contribution in [0.2, 0.25) is 0 Å². The summed E-state index contributed by atoms with van der Waals surface area (Å²) in [6, 6.07) is 27.6. The van der Waals surface area contributed by atoms with Crippen LogP contribution in [0.3, 0.4) is 0 Å². The van der Waals surface area contributed by atoms with Gasteiger partial charge in [-0.05, 0) is 35.7 Å². The van der Waals surface area contributed by atoms with Gasteiger partial charge in [-0.25, -0.2) is 9.98 Å². The second-order valence-corrected chi connectivity index (χ2v) is 10.8. The minimum Gasteiger partial charge on any atom is -0.377 e. The first kappa shape index (κ1) is 24.4. The van der Waals surface area contributed by atoms with Crippen molar-refractivity contribution in [1.29, 1.82) is 0 Å². The van der Waals surface area contributed by atoms with Gasteiger partial charge in [-0.15, -0.1) is 11.8 Å². The predicted octanol–water partition coefficient (Wildman–Crippen LogP) is 6.67. The monoisotopic (exact) mass is 488 g/mol. The molecule has 4 nitrogen and oxygen atoms in total. The summed E-state index contributed by atoms with van der Waals surface area (Å²) in [5, 5.41) is 1.90. The quantitative estimate of drug-likeness (QED) is 0.372. The van der Waals surface area contributed by atoms with E-state index >= 15 is 0 Å². The average molecular weight is 489 g/mol. The van der Waals surface area contributed by atoms with E-state index in [4.69, 9.17) is 9.98 Å². The van der Waals surface area contributed by atoms with Crippen molar-refractivity contribution in [3.8, 4) is 0 Å². The molecule has 0 aromatic heterocycles. The topological polar surface area (TPSA) is 31.2 Å². The molecule has 176 valence electrons. The van der Waals surface area contributed by atoms with Crippen LogP contribution in [0.15, 0.2) is 88.8 Å². The summed E-state index contributed by atoms with van der Waals surface area (Å²) in [7, 11) is 8.35. The Morgan fingerprint density at radius 1 is 0.676 bits per heavy atom. The highest BCUT2D eigenvalue weighted by Crippen LogP contribution is 2.40. The van der Waals surface area contributed by atoms with Gasteiger partial charge in [0.1, 0.15) is 10.6 Å². The molecule has 1 unspecified atom stereocenters. The van der Waals surface area contributed by atoms with E-state index in [0.29, 0.717) is 0 Å². The number of hydrogen-bond donors (Lipinski definition) is 0. The summed E-state index contributed by atoms with van der Waals surface area (Å²) < 4.78 is 0. The lowest BCUT2D eigenvalue weighted by Crippen LogP contribution is -2.25. The Hall–Kier alpha value is -2.70. The van der Waals surface area contributed by atoms with Gasteiger partial charge in [-0.1, -0.05) is 78.5 Å². The molecule has 6 heteroatoms. The zero-order chi connectivity index (χ0) is 24.1. The molecule has 0 fully saturated rings. The molecule has 4 rings (SSSR count). The Morgan fingerprint density at radius 3 is 1.74 bits per heavy atom. The minimum absolute atomic E-state index is 0.470. The summed E-state index contributed by atoms with van der Waals surface area (Å²) >= 11 is 3.50. The van der Waals surface area contributed by atoms with Crippen LogP contribution in [-0.2, 0) is 17.0 Å². The smallest absolute Gasteiger partial charge is 0.185 e. The van der Waals surface area contributed by atoms with Crippen LogP contribution in [0.5, 0.6) is 0 Å². The third-order valence-corrected chi connectivity index (χ3v) is 8.05. The fraction of sp³-hybridized carbons (Fsp3) is 0.286. The summed E-state index contributed by atoms with van der Waals surface area (Å²) in [5.41, 5.74) is 5.77. The van der Waals surface area contributed by atoms with Gasteiger partial charge in [0.25, 0.3) is 0 Å². The molecule has 0 saturated heterocycles. The first-order valence-corrected chi connectivity index (χ1v) is 13.4. The van der Waals surface area contributed by atoms with Gasteiger partial charge in [0, 0.05) is 51.1 Å². The molecule has 3 aromatic rings. The number of aliphatic imine (C=N–C) groups is 2. The lowest BCUT2D eigenvalue weighted by molar-refractivity contribution is 0.705. The molecule has 1 aliphatic heterocycles. The fourth-order valence-electron chi connectivity index (χ4n) is 4.07. The van der Waals surface area contributed by atoms with Crippen molar-refractivity contribution in [1.82, 2.24) is 0 Å². The summed E-state index contributed by atoms with van der Waals surface area (Å²) in [5.74, 6) is 1.69. The third-order valence-electron chi connectivity index (χ3n) is 5.94. The third kappa shape index (κ3) is 5.34. The molecule has 0 N–H and O–H groups in total. The zero-order valence-corrected chi connectivity index (χ0v) is 22.2. The van der Waals surface area contributed by atoms with Crippen molar-refractivity contribution in [2.75, 3.05) is 38.0 Å². The van der Waals surface area contributed by atoms with Crippen molar-refractivity contribution in [3.05, 3.63) is 95.6 Å². The maximum Gasteiger partial charge on any atom is 0.185 e. The van der Waals surface area contributed by atoms with Gasteiger partial charge in [0.2, 0.25) is 0 Å². The molecule has 1 heterocycles. The molecule has 0 aliphatic carbocycles. The zero-order valence-electron chi connectivity index (χ0n) is 20.5. The number of thioether (sulfide) groups is 2. The Labute approximate surface area is 212 Å². The standard InChI is InChI=1S/C28H32N4S2/c1-28(23-15-7-6-8-16-23)26(33-19-21-13-9-11-17-24(21)31(2)3)29-27(30-28)34-20-22-14-10-12-18-25(22)32(4)5/h6-18H,19-20H2,1-5H3. The second kappa shape index (κ2) is 10.7. The van der Waals surface area contributed by atoms with Crippen LogP contribution in [-0.4, -0.2) is 38.4 Å². The summed E-state index contributed by atoms with van der Waals surface area (Å²) in [6.45, 7) is 2.19. The molecule has 0 spiro atoms. The van der Waals surface area contributed by atoms with E-state index in [2.05, 4.69) is 124 Å². The van der Waals surface area contributed by atoms with E-state index < -0.39 is 5.54 Å². The van der Waals surface area contributed by atoms with Gasteiger partial charge in [-0.2, -0.15) is 0 Å². The van der Waals surface area contributed by atoms with Crippen molar-refractivity contribution in [2.45, 2.75) is 24.0 Å². The molecule has 0 amide bonds. The average Bonchev–Trinajstić information content (AvgIpc) is 3.18. The molecule has 1 aliphatic rings. The molecule has 0 radical (unpaired) electrons. The number of nitrogens with zero attached hydrogens (tertiary/aromatic N) is 4. The highest BCUT2D eigenvalue weighted by Gasteiger charge is 2.38. The van der Waals surface area contributed by atoms with E-state index in [0.717, 1.165) is 21.7 Å². The van der Waals surface area contributed by atoms with E-state index in [1.165, 1.54) is 28.1 Å². The molecule has 3 aromatic carbocycles. The van der Waals surface area contributed by atoms with Crippen LogP contribution in [0.25, 0.3) is 0 Å². The van der Waals surface area contributed by atoms with Crippen LogP contribution < -0.4 is 9.80 Å². The van der Waals surface area contributed by atoms with Gasteiger partial charge in [-0.3, -0.25) is 0 Å². The van der Waals surface area contributed by atoms with E-state index in [1.807, 2.05) is 0 Å². The fourth-order valence-corrected chi connectivity index (χ4v) is 6.20. The lowest BCUT2D eigenvalue weighted by atomic mass is 9.94. The van der Waals surface area contributed by atoms with Crippen LogP contribution in [0.1, 0.15) is 23.6 Å². The first-order valence-electron chi connectivity index (χ1n) is 11.4.